The number of fused-ring (bicyclic) bond motifs is 1. The highest BCUT2D eigenvalue weighted by Crippen LogP contribution is 2.35. The van der Waals surface area contributed by atoms with Gasteiger partial charge in [0.05, 0.1) is 0 Å². The minimum Gasteiger partial charge on any atom is -0.363 e. The van der Waals surface area contributed by atoms with E-state index < -0.39 is 0 Å². The third-order valence-electron chi connectivity index (χ3n) is 4.93. The van der Waals surface area contributed by atoms with Crippen LogP contribution < -0.4 is 0 Å². The lowest BCUT2D eigenvalue weighted by Crippen LogP contribution is -2.43. The third-order valence-corrected chi connectivity index (χ3v) is 4.93. The Bertz CT molecular complexity index is 285. The fourth-order valence-electron chi connectivity index (χ4n) is 3.84. The molecule has 1 saturated heterocycles. The first-order valence-electron chi connectivity index (χ1n) is 7.97. The summed E-state index contributed by atoms with van der Waals surface area (Å²) in [5, 5.41) is 0. The number of hydrogen-bond donors (Lipinski definition) is 0. The highest BCUT2D eigenvalue weighted by molar-refractivity contribution is 5.85. The van der Waals surface area contributed by atoms with E-state index in [0.717, 1.165) is 24.3 Å². The van der Waals surface area contributed by atoms with Gasteiger partial charge < -0.3 is 4.90 Å². The molecule has 0 aromatic rings. The standard InChI is InChI=1S/C16H30N2/c1-4-17-16-15-10-6-8-13(2)7-5-9-14(15)11-12-18(16)3/h13-15H,4-12H2,1-3H3/b17-16+. The van der Waals surface area contributed by atoms with Gasteiger partial charge in [-0.15, -0.1) is 0 Å². The summed E-state index contributed by atoms with van der Waals surface area (Å²) in [7, 11) is 2.24. The van der Waals surface area contributed by atoms with Gasteiger partial charge in [-0.05, 0) is 38.0 Å². The summed E-state index contributed by atoms with van der Waals surface area (Å²) in [5.41, 5.74) is 0. The molecule has 1 aliphatic heterocycles. The van der Waals surface area contributed by atoms with Crippen LogP contribution in [0.5, 0.6) is 0 Å². The smallest absolute Gasteiger partial charge is 0.102 e. The summed E-state index contributed by atoms with van der Waals surface area (Å²) in [6.07, 6.45) is 9.90. The molecule has 2 fully saturated rings. The first-order valence-corrected chi connectivity index (χ1v) is 7.97. The number of rotatable bonds is 1. The fraction of sp³-hybridized carbons (Fsp3) is 0.938. The average molecular weight is 250 g/mol. The maximum absolute atomic E-state index is 4.81. The highest BCUT2D eigenvalue weighted by Gasteiger charge is 2.32. The second-order valence-corrected chi connectivity index (χ2v) is 6.38. The van der Waals surface area contributed by atoms with Crippen molar-refractivity contribution >= 4 is 5.84 Å². The second-order valence-electron chi connectivity index (χ2n) is 6.38. The van der Waals surface area contributed by atoms with E-state index in [0.29, 0.717) is 0 Å². The van der Waals surface area contributed by atoms with Crippen LogP contribution >= 0.6 is 0 Å². The molecule has 0 amide bonds. The quantitative estimate of drug-likeness (QED) is 0.687. The number of piperidine rings is 1. The van der Waals surface area contributed by atoms with Crippen molar-refractivity contribution in [2.24, 2.45) is 22.7 Å². The van der Waals surface area contributed by atoms with Crippen LogP contribution in [0.4, 0.5) is 0 Å². The van der Waals surface area contributed by atoms with Crippen LogP contribution in [0.1, 0.15) is 58.8 Å². The molecule has 18 heavy (non-hydrogen) atoms. The van der Waals surface area contributed by atoms with Gasteiger partial charge in [0.15, 0.2) is 0 Å². The Hall–Kier alpha value is -0.530. The minimum atomic E-state index is 0.758. The van der Waals surface area contributed by atoms with E-state index in [2.05, 4.69) is 25.8 Å². The largest absolute Gasteiger partial charge is 0.363 e. The van der Waals surface area contributed by atoms with Crippen LogP contribution in [0.3, 0.4) is 0 Å². The van der Waals surface area contributed by atoms with Crippen LogP contribution in [0.15, 0.2) is 4.99 Å². The molecule has 0 aromatic carbocycles. The molecule has 3 unspecified atom stereocenters. The molecule has 2 heteroatoms. The lowest BCUT2D eigenvalue weighted by atomic mass is 9.79. The zero-order valence-electron chi connectivity index (χ0n) is 12.5. The molecule has 0 aromatic heterocycles. The predicted molar refractivity (Wildman–Crippen MR) is 79.1 cm³/mol. The Morgan fingerprint density at radius 2 is 1.83 bits per heavy atom. The summed E-state index contributed by atoms with van der Waals surface area (Å²) in [4.78, 5) is 7.24. The van der Waals surface area contributed by atoms with Crippen LogP contribution in [-0.4, -0.2) is 30.9 Å². The third kappa shape index (κ3) is 3.27. The maximum Gasteiger partial charge on any atom is 0.102 e. The zero-order chi connectivity index (χ0) is 13.0. The zero-order valence-corrected chi connectivity index (χ0v) is 12.5. The highest BCUT2D eigenvalue weighted by atomic mass is 15.2. The summed E-state index contributed by atoms with van der Waals surface area (Å²) >= 11 is 0. The van der Waals surface area contributed by atoms with Crippen molar-refractivity contribution in [3.8, 4) is 0 Å². The van der Waals surface area contributed by atoms with Crippen molar-refractivity contribution in [3.63, 3.8) is 0 Å². The van der Waals surface area contributed by atoms with Crippen molar-refractivity contribution in [2.45, 2.75) is 58.8 Å². The van der Waals surface area contributed by atoms with E-state index >= 15 is 0 Å². The number of aliphatic imine (C=N–C) groups is 1. The van der Waals surface area contributed by atoms with Crippen molar-refractivity contribution in [2.75, 3.05) is 20.1 Å². The summed E-state index contributed by atoms with van der Waals surface area (Å²) in [5.74, 6) is 4.03. The van der Waals surface area contributed by atoms with E-state index in [-0.39, 0.29) is 0 Å². The van der Waals surface area contributed by atoms with Gasteiger partial charge >= 0.3 is 0 Å². The number of hydrogen-bond acceptors (Lipinski definition) is 1. The minimum absolute atomic E-state index is 0.758. The lowest BCUT2D eigenvalue weighted by molar-refractivity contribution is 0.251. The van der Waals surface area contributed by atoms with E-state index in [4.69, 9.17) is 4.99 Å². The number of likely N-dealkylation sites (tertiary alicyclic amines) is 1. The van der Waals surface area contributed by atoms with Crippen LogP contribution in [0, 0.1) is 17.8 Å². The first-order chi connectivity index (χ1) is 8.72. The van der Waals surface area contributed by atoms with E-state index in [1.54, 1.807) is 0 Å². The van der Waals surface area contributed by atoms with Gasteiger partial charge in [-0.2, -0.15) is 0 Å². The Kier molecular flexibility index (Phi) is 5.08. The van der Waals surface area contributed by atoms with E-state index in [1.165, 1.54) is 57.3 Å². The Morgan fingerprint density at radius 1 is 1.11 bits per heavy atom. The Balaban J connectivity index is 2.10. The van der Waals surface area contributed by atoms with Crippen molar-refractivity contribution in [3.05, 3.63) is 0 Å². The van der Waals surface area contributed by atoms with Gasteiger partial charge in [0.1, 0.15) is 5.84 Å². The molecule has 104 valence electrons. The molecule has 1 heterocycles. The molecule has 2 rings (SSSR count). The van der Waals surface area contributed by atoms with Crippen molar-refractivity contribution in [1.29, 1.82) is 0 Å². The second kappa shape index (κ2) is 6.58. The van der Waals surface area contributed by atoms with Gasteiger partial charge in [-0.1, -0.05) is 32.6 Å². The van der Waals surface area contributed by atoms with Gasteiger partial charge in [-0.25, -0.2) is 0 Å². The predicted octanol–water partition coefficient (Wildman–Crippen LogP) is 3.96. The van der Waals surface area contributed by atoms with Crippen molar-refractivity contribution in [1.82, 2.24) is 4.90 Å². The molecule has 0 radical (unpaired) electrons. The van der Waals surface area contributed by atoms with Gasteiger partial charge in [-0.3, -0.25) is 4.99 Å². The molecule has 1 aliphatic carbocycles. The van der Waals surface area contributed by atoms with Crippen LogP contribution in [-0.2, 0) is 0 Å². The monoisotopic (exact) mass is 250 g/mol. The number of amidine groups is 1. The maximum atomic E-state index is 4.81. The van der Waals surface area contributed by atoms with Gasteiger partial charge in [0.25, 0.3) is 0 Å². The molecule has 0 spiro atoms. The summed E-state index contributed by atoms with van der Waals surface area (Å²) in [6, 6.07) is 0. The molecule has 0 N–H and O–H groups in total. The Morgan fingerprint density at radius 3 is 2.56 bits per heavy atom. The molecule has 2 nitrogen and oxygen atoms in total. The molecule has 1 saturated carbocycles. The molecule has 0 bridgehead atoms. The molecule has 2 aliphatic rings. The fourth-order valence-corrected chi connectivity index (χ4v) is 3.84. The van der Waals surface area contributed by atoms with E-state index in [9.17, 15) is 0 Å². The lowest BCUT2D eigenvalue weighted by Gasteiger charge is -2.39. The summed E-state index contributed by atoms with van der Waals surface area (Å²) < 4.78 is 0. The molecule has 3 atom stereocenters. The molecular weight excluding hydrogens is 220 g/mol. The van der Waals surface area contributed by atoms with Crippen LogP contribution in [0.2, 0.25) is 0 Å². The molecular formula is C16H30N2. The van der Waals surface area contributed by atoms with Gasteiger partial charge in [0.2, 0.25) is 0 Å². The van der Waals surface area contributed by atoms with Crippen LogP contribution in [0.25, 0.3) is 0 Å². The topological polar surface area (TPSA) is 15.6 Å². The first kappa shape index (κ1) is 13.9. The summed E-state index contributed by atoms with van der Waals surface area (Å²) in [6.45, 7) is 6.76. The SMILES string of the molecule is CC/N=C1\C2CCCC(C)CCCC2CCN1C. The van der Waals surface area contributed by atoms with Gasteiger partial charge in [0, 0.05) is 26.1 Å². The van der Waals surface area contributed by atoms with Crippen molar-refractivity contribution < 1.29 is 0 Å². The number of nitrogens with zero attached hydrogens (tertiary/aromatic N) is 2. The average Bonchev–Trinajstić information content (AvgIpc) is 2.43. The Labute approximate surface area is 113 Å². The normalized spacial score (nSPS) is 36.7. The van der Waals surface area contributed by atoms with E-state index in [1.807, 2.05) is 0 Å².